The third-order valence-corrected chi connectivity index (χ3v) is 3.06. The number of aromatic nitrogens is 1. The van der Waals surface area contributed by atoms with E-state index in [1.807, 2.05) is 18.5 Å². The number of pyridine rings is 1. The number of piperazine rings is 1. The first-order chi connectivity index (χ1) is 7.93. The second kappa shape index (κ2) is 4.23. The molecule has 3 heterocycles. The van der Waals surface area contributed by atoms with E-state index in [0.717, 1.165) is 38.3 Å². The van der Waals surface area contributed by atoms with Crippen LogP contribution in [0.3, 0.4) is 0 Å². The van der Waals surface area contributed by atoms with E-state index in [4.69, 9.17) is 4.42 Å². The summed E-state index contributed by atoms with van der Waals surface area (Å²) in [6, 6.07) is 2.02. The maximum absolute atomic E-state index is 5.49. The fourth-order valence-corrected chi connectivity index (χ4v) is 2.17. The number of hydrogen-bond donors (Lipinski definition) is 1. The van der Waals surface area contributed by atoms with E-state index in [0.29, 0.717) is 0 Å². The van der Waals surface area contributed by atoms with Crippen LogP contribution in [0.25, 0.3) is 11.0 Å². The molecule has 0 unspecified atom stereocenters. The van der Waals surface area contributed by atoms with E-state index >= 15 is 0 Å². The van der Waals surface area contributed by atoms with Gasteiger partial charge in [-0.05, 0) is 6.07 Å². The maximum atomic E-state index is 5.49. The van der Waals surface area contributed by atoms with Crippen LogP contribution < -0.4 is 5.32 Å². The molecule has 2 aromatic rings. The molecule has 1 fully saturated rings. The lowest BCUT2D eigenvalue weighted by atomic mass is 10.2. The van der Waals surface area contributed by atoms with Gasteiger partial charge in [-0.3, -0.25) is 9.88 Å². The molecule has 0 amide bonds. The van der Waals surface area contributed by atoms with E-state index < -0.39 is 0 Å². The van der Waals surface area contributed by atoms with Crippen LogP contribution in [0.1, 0.15) is 5.56 Å². The van der Waals surface area contributed by atoms with Gasteiger partial charge in [0.2, 0.25) is 0 Å². The summed E-state index contributed by atoms with van der Waals surface area (Å²) in [4.78, 5) is 6.50. The van der Waals surface area contributed by atoms with Crippen LogP contribution >= 0.6 is 0 Å². The Morgan fingerprint density at radius 1 is 1.38 bits per heavy atom. The Bertz CT molecular complexity index is 474. The largest absolute Gasteiger partial charge is 0.462 e. The van der Waals surface area contributed by atoms with Crippen LogP contribution in [-0.2, 0) is 6.54 Å². The van der Waals surface area contributed by atoms with Crippen molar-refractivity contribution in [3.8, 4) is 0 Å². The monoisotopic (exact) mass is 217 g/mol. The number of nitrogens with one attached hydrogen (secondary N) is 1. The molecular weight excluding hydrogens is 202 g/mol. The third-order valence-electron chi connectivity index (χ3n) is 3.06. The normalized spacial score (nSPS) is 18.0. The number of hydrogen-bond acceptors (Lipinski definition) is 4. The highest BCUT2D eigenvalue weighted by Crippen LogP contribution is 2.21. The Hall–Kier alpha value is -1.39. The minimum atomic E-state index is 0.882. The molecule has 0 spiro atoms. The second-order valence-electron chi connectivity index (χ2n) is 4.16. The number of nitrogens with zero attached hydrogens (tertiary/aromatic N) is 2. The zero-order valence-corrected chi connectivity index (χ0v) is 9.15. The van der Waals surface area contributed by atoms with Crippen molar-refractivity contribution in [1.82, 2.24) is 15.2 Å². The van der Waals surface area contributed by atoms with Crippen LogP contribution in [-0.4, -0.2) is 36.1 Å². The molecule has 0 saturated carbocycles. The molecule has 0 atom stereocenters. The van der Waals surface area contributed by atoms with Gasteiger partial charge in [-0.2, -0.15) is 0 Å². The molecule has 84 valence electrons. The van der Waals surface area contributed by atoms with Crippen LogP contribution in [0, 0.1) is 0 Å². The highest BCUT2D eigenvalue weighted by Gasteiger charge is 2.13. The first-order valence-electron chi connectivity index (χ1n) is 5.66. The van der Waals surface area contributed by atoms with E-state index in [-0.39, 0.29) is 0 Å². The first-order valence-corrected chi connectivity index (χ1v) is 5.66. The summed E-state index contributed by atoms with van der Waals surface area (Å²) >= 11 is 0. The lowest BCUT2D eigenvalue weighted by Gasteiger charge is -2.26. The summed E-state index contributed by atoms with van der Waals surface area (Å²) in [5.41, 5.74) is 2.15. The van der Waals surface area contributed by atoms with E-state index in [1.54, 1.807) is 6.20 Å². The molecule has 0 radical (unpaired) electrons. The Labute approximate surface area is 94.3 Å². The smallest absolute Gasteiger partial charge is 0.152 e. The van der Waals surface area contributed by atoms with Gasteiger partial charge in [-0.15, -0.1) is 0 Å². The van der Waals surface area contributed by atoms with Gasteiger partial charge in [0.1, 0.15) is 0 Å². The quantitative estimate of drug-likeness (QED) is 0.821. The summed E-state index contributed by atoms with van der Waals surface area (Å²) in [5.74, 6) is 0. The SMILES string of the molecule is c1cc2c(CN3CCNCC3)coc2cn1. The molecule has 16 heavy (non-hydrogen) atoms. The van der Waals surface area contributed by atoms with Crippen LogP contribution in [0.15, 0.2) is 29.1 Å². The highest BCUT2D eigenvalue weighted by atomic mass is 16.3. The zero-order chi connectivity index (χ0) is 10.8. The van der Waals surface area contributed by atoms with Gasteiger partial charge in [-0.1, -0.05) is 0 Å². The van der Waals surface area contributed by atoms with Crippen LogP contribution in [0.5, 0.6) is 0 Å². The number of furan rings is 1. The van der Waals surface area contributed by atoms with Crippen molar-refractivity contribution in [3.63, 3.8) is 0 Å². The summed E-state index contributed by atoms with van der Waals surface area (Å²) < 4.78 is 5.49. The summed E-state index contributed by atoms with van der Waals surface area (Å²) in [7, 11) is 0. The summed E-state index contributed by atoms with van der Waals surface area (Å²) in [5, 5.41) is 4.54. The molecule has 3 rings (SSSR count). The summed E-state index contributed by atoms with van der Waals surface area (Å²) in [6.07, 6.45) is 5.45. The van der Waals surface area contributed by atoms with Crippen molar-refractivity contribution in [3.05, 3.63) is 30.3 Å². The van der Waals surface area contributed by atoms with E-state index in [9.17, 15) is 0 Å². The van der Waals surface area contributed by atoms with Gasteiger partial charge in [0, 0.05) is 49.9 Å². The minimum absolute atomic E-state index is 0.882. The third kappa shape index (κ3) is 1.81. The molecule has 1 saturated heterocycles. The van der Waals surface area contributed by atoms with Gasteiger partial charge < -0.3 is 9.73 Å². The highest BCUT2D eigenvalue weighted by molar-refractivity contribution is 5.79. The molecule has 1 N–H and O–H groups in total. The van der Waals surface area contributed by atoms with Gasteiger partial charge in [0.25, 0.3) is 0 Å². The van der Waals surface area contributed by atoms with E-state index in [2.05, 4.69) is 15.2 Å². The van der Waals surface area contributed by atoms with Crippen molar-refractivity contribution < 1.29 is 4.42 Å². The van der Waals surface area contributed by atoms with Crippen molar-refractivity contribution in [2.45, 2.75) is 6.54 Å². The van der Waals surface area contributed by atoms with Crippen molar-refractivity contribution >= 4 is 11.0 Å². The average Bonchev–Trinajstić information content (AvgIpc) is 2.74. The zero-order valence-electron chi connectivity index (χ0n) is 9.15. The topological polar surface area (TPSA) is 41.3 Å². The second-order valence-corrected chi connectivity index (χ2v) is 4.16. The Morgan fingerprint density at radius 3 is 3.12 bits per heavy atom. The van der Waals surface area contributed by atoms with Crippen molar-refractivity contribution in [1.29, 1.82) is 0 Å². The molecule has 4 nitrogen and oxygen atoms in total. The standard InChI is InChI=1S/C12H15N3O/c1-2-14-7-12-11(1)10(9-16-12)8-15-5-3-13-4-6-15/h1-2,7,9,13H,3-6,8H2. The summed E-state index contributed by atoms with van der Waals surface area (Å²) in [6.45, 7) is 5.35. The maximum Gasteiger partial charge on any atom is 0.152 e. The molecular formula is C12H15N3O. The Morgan fingerprint density at radius 2 is 2.25 bits per heavy atom. The van der Waals surface area contributed by atoms with Crippen LogP contribution in [0.4, 0.5) is 0 Å². The fourth-order valence-electron chi connectivity index (χ4n) is 2.17. The predicted octanol–water partition coefficient (Wildman–Crippen LogP) is 1.23. The van der Waals surface area contributed by atoms with Gasteiger partial charge >= 0.3 is 0 Å². The number of fused-ring (bicyclic) bond motifs is 1. The minimum Gasteiger partial charge on any atom is -0.462 e. The van der Waals surface area contributed by atoms with Gasteiger partial charge in [0.15, 0.2) is 5.58 Å². The molecule has 4 heteroatoms. The molecule has 0 aliphatic carbocycles. The lowest BCUT2D eigenvalue weighted by molar-refractivity contribution is 0.233. The molecule has 0 aromatic carbocycles. The van der Waals surface area contributed by atoms with Crippen LogP contribution in [0.2, 0.25) is 0 Å². The average molecular weight is 217 g/mol. The number of rotatable bonds is 2. The first kappa shape index (κ1) is 9.81. The molecule has 0 bridgehead atoms. The molecule has 2 aromatic heterocycles. The molecule has 1 aliphatic rings. The van der Waals surface area contributed by atoms with Crippen molar-refractivity contribution in [2.75, 3.05) is 26.2 Å². The predicted molar refractivity (Wildman–Crippen MR) is 62.2 cm³/mol. The Balaban J connectivity index is 1.83. The Kier molecular flexibility index (Phi) is 2.60. The molecule has 1 aliphatic heterocycles. The van der Waals surface area contributed by atoms with Crippen molar-refractivity contribution in [2.24, 2.45) is 0 Å². The van der Waals surface area contributed by atoms with Gasteiger partial charge in [0.05, 0.1) is 12.5 Å². The fraction of sp³-hybridized carbons (Fsp3) is 0.417. The van der Waals surface area contributed by atoms with E-state index in [1.165, 1.54) is 10.9 Å². The lowest BCUT2D eigenvalue weighted by Crippen LogP contribution is -2.42. The van der Waals surface area contributed by atoms with Gasteiger partial charge in [-0.25, -0.2) is 0 Å².